The smallest absolute Gasteiger partial charge is 0.0975 e. The van der Waals surface area contributed by atoms with Crippen LogP contribution in [-0.4, -0.2) is 19.2 Å². The number of hydrogen-bond donors (Lipinski definition) is 1. The predicted octanol–water partition coefficient (Wildman–Crippen LogP) is 2.13. The van der Waals surface area contributed by atoms with Crippen LogP contribution in [0.3, 0.4) is 0 Å². The molecule has 0 aliphatic carbocycles. The van der Waals surface area contributed by atoms with E-state index in [4.69, 9.17) is 4.74 Å². The number of rotatable bonds is 1. The maximum absolute atomic E-state index is 5.84. The van der Waals surface area contributed by atoms with Gasteiger partial charge in [-0.15, -0.1) is 0 Å². The highest BCUT2D eigenvalue weighted by Crippen LogP contribution is 2.22. The number of nitrogens with one attached hydrogen (secondary N) is 1. The summed E-state index contributed by atoms with van der Waals surface area (Å²) in [5.41, 5.74) is 1.27. The van der Waals surface area contributed by atoms with Gasteiger partial charge >= 0.3 is 0 Å². The lowest BCUT2D eigenvalue weighted by molar-refractivity contribution is 0.0462. The molecule has 1 fully saturated rings. The molecule has 0 radical (unpaired) electrons. The Morgan fingerprint density at radius 3 is 2.86 bits per heavy atom. The largest absolute Gasteiger partial charge is 0.372 e. The van der Waals surface area contributed by atoms with E-state index in [-0.39, 0.29) is 6.10 Å². The van der Waals surface area contributed by atoms with E-state index in [0.29, 0.717) is 6.04 Å². The molecule has 1 heterocycles. The fourth-order valence-corrected chi connectivity index (χ4v) is 1.89. The number of hydrogen-bond acceptors (Lipinski definition) is 2. The molecule has 1 aromatic carbocycles. The van der Waals surface area contributed by atoms with E-state index in [1.807, 2.05) is 6.07 Å². The van der Waals surface area contributed by atoms with Gasteiger partial charge in [0, 0.05) is 12.6 Å². The molecule has 2 heteroatoms. The molecule has 76 valence electrons. The minimum Gasteiger partial charge on any atom is -0.372 e. The lowest BCUT2D eigenvalue weighted by Crippen LogP contribution is -2.31. The summed E-state index contributed by atoms with van der Waals surface area (Å²) in [7, 11) is 0. The minimum absolute atomic E-state index is 0.207. The van der Waals surface area contributed by atoms with Crippen molar-refractivity contribution in [2.45, 2.75) is 25.5 Å². The van der Waals surface area contributed by atoms with Gasteiger partial charge in [-0.3, -0.25) is 0 Å². The second-order valence-corrected chi connectivity index (χ2v) is 3.80. The van der Waals surface area contributed by atoms with Crippen LogP contribution in [-0.2, 0) is 4.74 Å². The van der Waals surface area contributed by atoms with Crippen LogP contribution in [0, 0.1) is 0 Å². The van der Waals surface area contributed by atoms with Gasteiger partial charge in [-0.1, -0.05) is 30.3 Å². The van der Waals surface area contributed by atoms with Gasteiger partial charge in [0.05, 0.1) is 6.10 Å². The molecular formula is C12H17NO. The quantitative estimate of drug-likeness (QED) is 0.734. The molecule has 1 saturated heterocycles. The molecule has 1 aromatic rings. The molecule has 0 bridgehead atoms. The molecule has 1 aliphatic rings. The molecule has 0 aromatic heterocycles. The van der Waals surface area contributed by atoms with Gasteiger partial charge in [0.1, 0.15) is 0 Å². The Morgan fingerprint density at radius 1 is 1.29 bits per heavy atom. The second-order valence-electron chi connectivity index (χ2n) is 3.80. The summed E-state index contributed by atoms with van der Waals surface area (Å²) >= 11 is 0. The summed E-state index contributed by atoms with van der Waals surface area (Å²) < 4.78 is 5.84. The molecule has 2 nitrogen and oxygen atoms in total. The summed E-state index contributed by atoms with van der Waals surface area (Å²) in [6.45, 7) is 4.10. The zero-order valence-corrected chi connectivity index (χ0v) is 8.57. The second kappa shape index (κ2) is 4.58. The van der Waals surface area contributed by atoms with Crippen LogP contribution in [0.15, 0.2) is 30.3 Å². The van der Waals surface area contributed by atoms with Crippen molar-refractivity contribution in [1.29, 1.82) is 0 Å². The Bertz CT molecular complexity index is 273. The Hall–Kier alpha value is -0.860. The summed E-state index contributed by atoms with van der Waals surface area (Å²) in [5, 5.41) is 3.47. The van der Waals surface area contributed by atoms with Crippen molar-refractivity contribution in [3.05, 3.63) is 35.9 Å². The number of ether oxygens (including phenoxy) is 1. The topological polar surface area (TPSA) is 21.3 Å². The highest BCUT2D eigenvalue weighted by Gasteiger charge is 2.21. The van der Waals surface area contributed by atoms with E-state index in [9.17, 15) is 0 Å². The van der Waals surface area contributed by atoms with Gasteiger partial charge in [-0.25, -0.2) is 0 Å². The fourth-order valence-electron chi connectivity index (χ4n) is 1.89. The molecule has 2 unspecified atom stereocenters. The molecule has 0 saturated carbocycles. The number of benzene rings is 1. The molecule has 1 N–H and O–H groups in total. The van der Waals surface area contributed by atoms with Crippen molar-refractivity contribution in [2.24, 2.45) is 0 Å². The third-order valence-electron chi connectivity index (χ3n) is 2.67. The monoisotopic (exact) mass is 191 g/mol. The van der Waals surface area contributed by atoms with Crippen molar-refractivity contribution in [3.8, 4) is 0 Å². The molecule has 2 atom stereocenters. The third-order valence-corrected chi connectivity index (χ3v) is 2.67. The zero-order valence-electron chi connectivity index (χ0n) is 8.57. The van der Waals surface area contributed by atoms with E-state index in [1.165, 1.54) is 5.56 Å². The molecule has 14 heavy (non-hydrogen) atoms. The fraction of sp³-hybridized carbons (Fsp3) is 0.500. The molecular weight excluding hydrogens is 174 g/mol. The van der Waals surface area contributed by atoms with Gasteiger partial charge in [-0.2, -0.15) is 0 Å². The van der Waals surface area contributed by atoms with Crippen LogP contribution in [0.2, 0.25) is 0 Å². The first-order valence-corrected chi connectivity index (χ1v) is 5.28. The first-order chi connectivity index (χ1) is 6.88. The van der Waals surface area contributed by atoms with Gasteiger partial charge in [0.25, 0.3) is 0 Å². The summed E-state index contributed by atoms with van der Waals surface area (Å²) in [6.07, 6.45) is 1.31. The SMILES string of the molecule is CC1NCCCOC1c1ccccc1. The van der Waals surface area contributed by atoms with Crippen molar-refractivity contribution in [1.82, 2.24) is 5.32 Å². The van der Waals surface area contributed by atoms with Crippen molar-refractivity contribution in [3.63, 3.8) is 0 Å². The lowest BCUT2D eigenvalue weighted by Gasteiger charge is -2.22. The van der Waals surface area contributed by atoms with Crippen molar-refractivity contribution < 1.29 is 4.74 Å². The standard InChI is InChI=1S/C12H17NO/c1-10-12(14-9-5-8-13-10)11-6-3-2-4-7-11/h2-4,6-7,10,12-13H,5,8-9H2,1H3. The lowest BCUT2D eigenvalue weighted by atomic mass is 10.0. The van der Waals surface area contributed by atoms with Crippen LogP contribution in [0.1, 0.15) is 25.0 Å². The Labute approximate surface area is 85.3 Å². The summed E-state index contributed by atoms with van der Waals surface area (Å²) in [5.74, 6) is 0. The van der Waals surface area contributed by atoms with Gasteiger partial charge < -0.3 is 10.1 Å². The minimum atomic E-state index is 0.207. The van der Waals surface area contributed by atoms with Crippen LogP contribution in [0.25, 0.3) is 0 Å². The molecule has 0 spiro atoms. The summed E-state index contributed by atoms with van der Waals surface area (Å²) in [6, 6.07) is 10.8. The Kier molecular flexibility index (Phi) is 3.17. The predicted molar refractivity (Wildman–Crippen MR) is 57.2 cm³/mol. The maximum atomic E-state index is 5.84. The highest BCUT2D eigenvalue weighted by atomic mass is 16.5. The van der Waals surface area contributed by atoms with E-state index in [2.05, 4.69) is 36.5 Å². The average Bonchev–Trinajstić information content (AvgIpc) is 2.44. The van der Waals surface area contributed by atoms with Crippen molar-refractivity contribution in [2.75, 3.05) is 13.2 Å². The van der Waals surface area contributed by atoms with Crippen LogP contribution in [0.4, 0.5) is 0 Å². The Morgan fingerprint density at radius 2 is 2.07 bits per heavy atom. The van der Waals surface area contributed by atoms with E-state index in [1.54, 1.807) is 0 Å². The molecule has 2 rings (SSSR count). The molecule has 0 amide bonds. The highest BCUT2D eigenvalue weighted by molar-refractivity contribution is 5.19. The zero-order chi connectivity index (χ0) is 9.80. The normalized spacial score (nSPS) is 28.4. The third kappa shape index (κ3) is 2.14. The summed E-state index contributed by atoms with van der Waals surface area (Å²) in [4.78, 5) is 0. The average molecular weight is 191 g/mol. The first kappa shape index (κ1) is 9.69. The van der Waals surface area contributed by atoms with Gasteiger partial charge in [-0.05, 0) is 25.5 Å². The van der Waals surface area contributed by atoms with Crippen LogP contribution < -0.4 is 5.32 Å². The first-order valence-electron chi connectivity index (χ1n) is 5.28. The Balaban J connectivity index is 2.15. The van der Waals surface area contributed by atoms with Crippen LogP contribution in [0.5, 0.6) is 0 Å². The van der Waals surface area contributed by atoms with Gasteiger partial charge in [0.2, 0.25) is 0 Å². The molecule has 1 aliphatic heterocycles. The maximum Gasteiger partial charge on any atom is 0.0975 e. The van der Waals surface area contributed by atoms with E-state index < -0.39 is 0 Å². The van der Waals surface area contributed by atoms with Gasteiger partial charge in [0.15, 0.2) is 0 Å². The van der Waals surface area contributed by atoms with Crippen molar-refractivity contribution >= 4 is 0 Å². The van der Waals surface area contributed by atoms with E-state index >= 15 is 0 Å². The van der Waals surface area contributed by atoms with Crippen LogP contribution >= 0.6 is 0 Å². The van der Waals surface area contributed by atoms with E-state index in [0.717, 1.165) is 19.6 Å².